The summed E-state index contributed by atoms with van der Waals surface area (Å²) in [5.74, 6) is 0.910. The van der Waals surface area contributed by atoms with Crippen molar-refractivity contribution >= 4 is 17.7 Å². The third-order valence-electron chi connectivity index (χ3n) is 5.85. The van der Waals surface area contributed by atoms with Crippen LogP contribution in [0.15, 0.2) is 35.3 Å². The van der Waals surface area contributed by atoms with E-state index in [4.69, 9.17) is 4.74 Å². The highest BCUT2D eigenvalue weighted by atomic mass is 16.6. The number of nitrogens with one attached hydrogen (secondary N) is 2. The van der Waals surface area contributed by atoms with E-state index in [2.05, 4.69) is 60.7 Å². The molecule has 2 heterocycles. The van der Waals surface area contributed by atoms with Gasteiger partial charge < -0.3 is 25.2 Å². The molecular weight excluding hydrogens is 404 g/mol. The fourth-order valence-electron chi connectivity index (χ4n) is 4.25. The summed E-state index contributed by atoms with van der Waals surface area (Å²) in [6.45, 7) is 13.6. The number of para-hydroxylation sites is 1. The number of aliphatic imine (C=N–C) groups is 1. The molecule has 178 valence electrons. The van der Waals surface area contributed by atoms with Gasteiger partial charge in [-0.25, -0.2) is 4.79 Å². The molecule has 1 atom stereocenters. The van der Waals surface area contributed by atoms with E-state index in [1.54, 1.807) is 0 Å². The van der Waals surface area contributed by atoms with Gasteiger partial charge in [0.15, 0.2) is 5.96 Å². The SMILES string of the molecule is CN=C(NCCCN1CCN(c2ccccc2)CC1)N1CCC(NC(=O)OC(C)(C)C)C1. The summed E-state index contributed by atoms with van der Waals surface area (Å²) in [6, 6.07) is 10.8. The lowest BCUT2D eigenvalue weighted by Gasteiger charge is -2.36. The number of anilines is 1. The predicted molar refractivity (Wildman–Crippen MR) is 130 cm³/mol. The third-order valence-corrected chi connectivity index (χ3v) is 5.85. The van der Waals surface area contributed by atoms with Crippen molar-refractivity contribution < 1.29 is 9.53 Å². The van der Waals surface area contributed by atoms with Crippen molar-refractivity contribution in [3.63, 3.8) is 0 Å². The number of rotatable bonds is 6. The van der Waals surface area contributed by atoms with E-state index < -0.39 is 5.60 Å². The van der Waals surface area contributed by atoms with E-state index in [-0.39, 0.29) is 12.1 Å². The van der Waals surface area contributed by atoms with E-state index in [0.29, 0.717) is 0 Å². The minimum absolute atomic E-state index is 0.0873. The number of guanidine groups is 1. The number of piperazine rings is 1. The normalized spacial score (nSPS) is 20.4. The van der Waals surface area contributed by atoms with Crippen molar-refractivity contribution in [2.45, 2.75) is 45.3 Å². The number of benzene rings is 1. The van der Waals surface area contributed by atoms with E-state index >= 15 is 0 Å². The zero-order valence-electron chi connectivity index (χ0n) is 20.1. The zero-order valence-corrected chi connectivity index (χ0v) is 20.1. The van der Waals surface area contributed by atoms with Crippen LogP contribution in [-0.2, 0) is 4.74 Å². The van der Waals surface area contributed by atoms with Crippen molar-refractivity contribution in [3.05, 3.63) is 30.3 Å². The van der Waals surface area contributed by atoms with Crippen molar-refractivity contribution in [2.75, 3.05) is 64.3 Å². The van der Waals surface area contributed by atoms with Gasteiger partial charge in [-0.1, -0.05) is 18.2 Å². The maximum atomic E-state index is 12.0. The largest absolute Gasteiger partial charge is 0.444 e. The molecule has 2 saturated heterocycles. The lowest BCUT2D eigenvalue weighted by Crippen LogP contribution is -2.47. The average molecular weight is 445 g/mol. The maximum absolute atomic E-state index is 12.0. The molecule has 1 aromatic rings. The van der Waals surface area contributed by atoms with E-state index in [9.17, 15) is 4.79 Å². The summed E-state index contributed by atoms with van der Waals surface area (Å²) in [7, 11) is 1.82. The number of hydrogen-bond donors (Lipinski definition) is 2. The molecule has 0 saturated carbocycles. The topological polar surface area (TPSA) is 72.4 Å². The Labute approximate surface area is 193 Å². The van der Waals surface area contributed by atoms with Crippen LogP contribution in [0, 0.1) is 0 Å². The van der Waals surface area contributed by atoms with Gasteiger partial charge in [0.1, 0.15) is 5.60 Å². The van der Waals surface area contributed by atoms with Crippen LogP contribution in [0.1, 0.15) is 33.6 Å². The first-order chi connectivity index (χ1) is 15.3. The molecule has 0 aromatic heterocycles. The van der Waals surface area contributed by atoms with Gasteiger partial charge in [0.2, 0.25) is 0 Å². The molecule has 32 heavy (non-hydrogen) atoms. The Morgan fingerprint density at radius 3 is 2.50 bits per heavy atom. The molecule has 2 fully saturated rings. The number of ether oxygens (including phenoxy) is 1. The lowest BCUT2D eigenvalue weighted by molar-refractivity contribution is 0.0507. The van der Waals surface area contributed by atoms with Gasteiger partial charge in [-0.3, -0.25) is 9.89 Å². The Bertz CT molecular complexity index is 741. The number of hydrogen-bond acceptors (Lipinski definition) is 5. The Morgan fingerprint density at radius 1 is 1.12 bits per heavy atom. The molecule has 0 spiro atoms. The Kier molecular flexibility index (Phi) is 8.61. The molecule has 8 heteroatoms. The number of carbonyl (C=O) groups excluding carboxylic acids is 1. The number of carbonyl (C=O) groups is 1. The van der Waals surface area contributed by atoms with Gasteiger partial charge >= 0.3 is 6.09 Å². The molecule has 1 amide bonds. The number of alkyl carbamates (subject to hydrolysis) is 1. The van der Waals surface area contributed by atoms with Gasteiger partial charge in [-0.2, -0.15) is 0 Å². The minimum Gasteiger partial charge on any atom is -0.444 e. The highest BCUT2D eigenvalue weighted by Gasteiger charge is 2.27. The Balaban J connectivity index is 1.31. The Hall–Kier alpha value is -2.48. The third kappa shape index (κ3) is 7.58. The van der Waals surface area contributed by atoms with Gasteiger partial charge in [-0.05, 0) is 52.3 Å². The summed E-state index contributed by atoms with van der Waals surface area (Å²) >= 11 is 0. The molecule has 1 aromatic carbocycles. The van der Waals surface area contributed by atoms with Crippen molar-refractivity contribution in [1.82, 2.24) is 20.4 Å². The van der Waals surface area contributed by atoms with E-state index in [0.717, 1.165) is 71.2 Å². The monoisotopic (exact) mass is 444 g/mol. The number of amides is 1. The summed E-state index contributed by atoms with van der Waals surface area (Å²) in [4.78, 5) is 23.7. The van der Waals surface area contributed by atoms with Crippen molar-refractivity contribution in [2.24, 2.45) is 4.99 Å². The standard InChI is InChI=1S/C24H40N6O2/c1-24(2,3)32-23(31)27-20-11-14-30(19-20)22(25-4)26-12-8-13-28-15-17-29(18-16-28)21-9-6-5-7-10-21/h5-7,9-10,20H,8,11-19H2,1-4H3,(H,25,26)(H,27,31). The second-order valence-electron chi connectivity index (χ2n) is 9.57. The second kappa shape index (κ2) is 11.4. The molecule has 0 radical (unpaired) electrons. The van der Waals surface area contributed by atoms with Crippen LogP contribution in [0.2, 0.25) is 0 Å². The lowest BCUT2D eigenvalue weighted by atomic mass is 10.2. The van der Waals surface area contributed by atoms with Crippen LogP contribution in [0.5, 0.6) is 0 Å². The van der Waals surface area contributed by atoms with Crippen LogP contribution in [0.25, 0.3) is 0 Å². The molecule has 2 N–H and O–H groups in total. The fraction of sp³-hybridized carbons (Fsp3) is 0.667. The second-order valence-corrected chi connectivity index (χ2v) is 9.57. The molecule has 3 rings (SSSR count). The highest BCUT2D eigenvalue weighted by Crippen LogP contribution is 2.16. The van der Waals surface area contributed by atoms with Crippen molar-refractivity contribution in [3.8, 4) is 0 Å². The molecule has 0 bridgehead atoms. The van der Waals surface area contributed by atoms with Gasteiger partial charge in [0, 0.05) is 58.5 Å². The van der Waals surface area contributed by atoms with Crippen molar-refractivity contribution in [1.29, 1.82) is 0 Å². The van der Waals surface area contributed by atoms with Crippen LogP contribution in [-0.4, -0.2) is 92.9 Å². The molecule has 2 aliphatic heterocycles. The minimum atomic E-state index is -0.478. The molecule has 8 nitrogen and oxygen atoms in total. The molecule has 1 unspecified atom stereocenters. The first-order valence-corrected chi connectivity index (χ1v) is 11.8. The molecular formula is C24H40N6O2. The quantitative estimate of drug-likeness (QED) is 0.399. The summed E-state index contributed by atoms with van der Waals surface area (Å²) in [6.07, 6.45) is 1.63. The van der Waals surface area contributed by atoms with Crippen LogP contribution < -0.4 is 15.5 Å². The first-order valence-electron chi connectivity index (χ1n) is 11.8. The fourth-order valence-corrected chi connectivity index (χ4v) is 4.25. The van der Waals surface area contributed by atoms with Gasteiger partial charge in [-0.15, -0.1) is 0 Å². The average Bonchev–Trinajstić information content (AvgIpc) is 3.21. The Morgan fingerprint density at radius 2 is 1.84 bits per heavy atom. The maximum Gasteiger partial charge on any atom is 0.407 e. The van der Waals surface area contributed by atoms with Crippen LogP contribution >= 0.6 is 0 Å². The van der Waals surface area contributed by atoms with Crippen LogP contribution in [0.4, 0.5) is 10.5 Å². The van der Waals surface area contributed by atoms with Gasteiger partial charge in [0.05, 0.1) is 6.04 Å². The zero-order chi connectivity index (χ0) is 23.0. The number of likely N-dealkylation sites (tertiary alicyclic amines) is 1. The molecule has 0 aliphatic carbocycles. The van der Waals surface area contributed by atoms with Gasteiger partial charge in [0.25, 0.3) is 0 Å². The summed E-state index contributed by atoms with van der Waals surface area (Å²) in [5, 5.41) is 6.47. The highest BCUT2D eigenvalue weighted by molar-refractivity contribution is 5.80. The summed E-state index contributed by atoms with van der Waals surface area (Å²) in [5.41, 5.74) is 0.844. The smallest absolute Gasteiger partial charge is 0.407 e. The van der Waals surface area contributed by atoms with Crippen LogP contribution in [0.3, 0.4) is 0 Å². The van der Waals surface area contributed by atoms with E-state index in [1.165, 1.54) is 5.69 Å². The first kappa shape index (κ1) is 24.2. The number of nitrogens with zero attached hydrogens (tertiary/aromatic N) is 4. The molecule has 2 aliphatic rings. The van der Waals surface area contributed by atoms with E-state index in [1.807, 2.05) is 27.8 Å². The predicted octanol–water partition coefficient (Wildman–Crippen LogP) is 2.37. The summed E-state index contributed by atoms with van der Waals surface area (Å²) < 4.78 is 5.37.